The van der Waals surface area contributed by atoms with Crippen LogP contribution in [-0.2, 0) is 6.54 Å². The molecule has 0 radical (unpaired) electrons. The van der Waals surface area contributed by atoms with Crippen LogP contribution in [0.15, 0.2) is 67.0 Å². The molecule has 0 aliphatic heterocycles. The topological polar surface area (TPSA) is 94.9 Å². The highest BCUT2D eigenvalue weighted by Gasteiger charge is 2.12. The number of anilines is 1. The fourth-order valence-electron chi connectivity index (χ4n) is 2.44. The number of hydrogen-bond donors (Lipinski definition) is 2. The van der Waals surface area contributed by atoms with E-state index in [-0.39, 0.29) is 17.7 Å². The van der Waals surface area contributed by atoms with Crippen molar-refractivity contribution in [2.75, 3.05) is 5.32 Å². The second-order valence-electron chi connectivity index (χ2n) is 5.88. The number of aromatic nitrogens is 1. The number of nitrogens with zero attached hydrogens (tertiary/aromatic N) is 2. The molecule has 1 aromatic heterocycles. The van der Waals surface area contributed by atoms with Gasteiger partial charge in [0.05, 0.1) is 22.8 Å². The number of nitrogens with one attached hydrogen (secondary N) is 2. The molecule has 2 aromatic carbocycles. The SMILES string of the molecule is N#Cc1ccc(NC(=O)c2cncc(C(=O)NCc3ccccc3F)c2)cc1. The monoisotopic (exact) mass is 374 g/mol. The van der Waals surface area contributed by atoms with Gasteiger partial charge in [0.15, 0.2) is 0 Å². The Hall–Kier alpha value is -4.05. The zero-order valence-electron chi connectivity index (χ0n) is 14.6. The highest BCUT2D eigenvalue weighted by Crippen LogP contribution is 2.12. The van der Waals surface area contributed by atoms with Crippen molar-refractivity contribution in [3.63, 3.8) is 0 Å². The molecule has 0 aliphatic rings. The molecule has 1 heterocycles. The largest absolute Gasteiger partial charge is 0.348 e. The Morgan fingerprint density at radius 1 is 1.00 bits per heavy atom. The summed E-state index contributed by atoms with van der Waals surface area (Å²) in [4.78, 5) is 28.6. The summed E-state index contributed by atoms with van der Waals surface area (Å²) in [7, 11) is 0. The third kappa shape index (κ3) is 4.56. The molecule has 6 nitrogen and oxygen atoms in total. The van der Waals surface area contributed by atoms with Gasteiger partial charge in [0, 0.05) is 30.2 Å². The molecule has 3 rings (SSSR count). The van der Waals surface area contributed by atoms with Crippen LogP contribution in [0.3, 0.4) is 0 Å². The maximum atomic E-state index is 13.6. The molecule has 0 spiro atoms. The predicted molar refractivity (Wildman–Crippen MR) is 101 cm³/mol. The van der Waals surface area contributed by atoms with E-state index in [1.165, 1.54) is 24.5 Å². The molecule has 28 heavy (non-hydrogen) atoms. The molecule has 0 atom stereocenters. The number of carbonyl (C=O) groups excluding carboxylic acids is 2. The summed E-state index contributed by atoms with van der Waals surface area (Å²) < 4.78 is 13.6. The number of pyridine rings is 1. The molecular formula is C21H15FN4O2. The molecule has 0 unspecified atom stereocenters. The van der Waals surface area contributed by atoms with Crippen LogP contribution >= 0.6 is 0 Å². The van der Waals surface area contributed by atoms with Gasteiger partial charge in [0.2, 0.25) is 0 Å². The summed E-state index contributed by atoms with van der Waals surface area (Å²) in [5.41, 5.74) is 1.73. The molecule has 0 bridgehead atoms. The molecule has 0 saturated carbocycles. The summed E-state index contributed by atoms with van der Waals surface area (Å²) in [6.45, 7) is 0.0210. The fraction of sp³-hybridized carbons (Fsp3) is 0.0476. The lowest BCUT2D eigenvalue weighted by molar-refractivity contribution is 0.0950. The van der Waals surface area contributed by atoms with Crippen LogP contribution < -0.4 is 10.6 Å². The average molecular weight is 374 g/mol. The lowest BCUT2D eigenvalue weighted by atomic mass is 10.1. The van der Waals surface area contributed by atoms with E-state index in [4.69, 9.17) is 5.26 Å². The lowest BCUT2D eigenvalue weighted by Gasteiger charge is -2.08. The Labute approximate surface area is 160 Å². The summed E-state index contributed by atoms with van der Waals surface area (Å²) in [5.74, 6) is -1.32. The zero-order valence-corrected chi connectivity index (χ0v) is 14.6. The number of rotatable bonds is 5. The Balaban J connectivity index is 1.67. The quantitative estimate of drug-likeness (QED) is 0.716. The Bertz CT molecular complexity index is 1060. The maximum absolute atomic E-state index is 13.6. The van der Waals surface area contributed by atoms with Crippen molar-refractivity contribution >= 4 is 17.5 Å². The van der Waals surface area contributed by atoms with E-state index >= 15 is 0 Å². The van der Waals surface area contributed by atoms with Crippen LogP contribution in [0, 0.1) is 17.1 Å². The van der Waals surface area contributed by atoms with Crippen LogP contribution in [-0.4, -0.2) is 16.8 Å². The minimum atomic E-state index is -0.469. The van der Waals surface area contributed by atoms with Crippen molar-refractivity contribution in [3.05, 3.63) is 95.1 Å². The van der Waals surface area contributed by atoms with Crippen molar-refractivity contribution in [1.82, 2.24) is 10.3 Å². The number of halogens is 1. The molecule has 0 saturated heterocycles. The van der Waals surface area contributed by atoms with Crippen molar-refractivity contribution in [3.8, 4) is 6.07 Å². The van der Waals surface area contributed by atoms with Crippen molar-refractivity contribution < 1.29 is 14.0 Å². The van der Waals surface area contributed by atoms with Crippen LogP contribution in [0.2, 0.25) is 0 Å². The van der Waals surface area contributed by atoms with Gasteiger partial charge in [-0.3, -0.25) is 14.6 Å². The molecule has 0 aliphatic carbocycles. The molecule has 3 aromatic rings. The van der Waals surface area contributed by atoms with Gasteiger partial charge in [-0.05, 0) is 36.4 Å². The Kier molecular flexibility index (Phi) is 5.72. The number of nitriles is 1. The second-order valence-corrected chi connectivity index (χ2v) is 5.88. The van der Waals surface area contributed by atoms with E-state index in [9.17, 15) is 14.0 Å². The first kappa shape index (κ1) is 18.7. The number of hydrogen-bond acceptors (Lipinski definition) is 4. The van der Waals surface area contributed by atoms with E-state index in [0.29, 0.717) is 16.8 Å². The van der Waals surface area contributed by atoms with E-state index in [2.05, 4.69) is 15.6 Å². The van der Waals surface area contributed by atoms with Crippen LogP contribution in [0.1, 0.15) is 31.8 Å². The minimum absolute atomic E-state index is 0.0210. The number of amides is 2. The number of benzene rings is 2. The third-order valence-electron chi connectivity index (χ3n) is 3.93. The second kappa shape index (κ2) is 8.56. The Morgan fingerprint density at radius 3 is 2.36 bits per heavy atom. The van der Waals surface area contributed by atoms with Gasteiger partial charge < -0.3 is 10.6 Å². The van der Waals surface area contributed by atoms with Crippen molar-refractivity contribution in [2.45, 2.75) is 6.54 Å². The van der Waals surface area contributed by atoms with Crippen LogP contribution in [0.4, 0.5) is 10.1 Å². The van der Waals surface area contributed by atoms with Crippen LogP contribution in [0.25, 0.3) is 0 Å². The fourth-order valence-corrected chi connectivity index (χ4v) is 2.44. The van der Waals surface area contributed by atoms with Gasteiger partial charge in [-0.2, -0.15) is 5.26 Å². The first-order valence-corrected chi connectivity index (χ1v) is 8.35. The number of carbonyl (C=O) groups is 2. The average Bonchev–Trinajstić information content (AvgIpc) is 2.73. The minimum Gasteiger partial charge on any atom is -0.348 e. The van der Waals surface area contributed by atoms with E-state index in [1.807, 2.05) is 6.07 Å². The lowest BCUT2D eigenvalue weighted by Crippen LogP contribution is -2.24. The predicted octanol–water partition coefficient (Wildman–Crippen LogP) is 3.27. The molecule has 0 fully saturated rings. The summed E-state index contributed by atoms with van der Waals surface area (Å²) in [6.07, 6.45) is 2.67. The smallest absolute Gasteiger partial charge is 0.257 e. The zero-order chi connectivity index (χ0) is 19.9. The van der Waals surface area contributed by atoms with Gasteiger partial charge in [0.1, 0.15) is 5.82 Å². The van der Waals surface area contributed by atoms with Crippen molar-refractivity contribution in [1.29, 1.82) is 5.26 Å². The highest BCUT2D eigenvalue weighted by molar-refractivity contribution is 6.05. The third-order valence-corrected chi connectivity index (χ3v) is 3.93. The van der Waals surface area contributed by atoms with E-state index in [1.54, 1.807) is 42.5 Å². The highest BCUT2D eigenvalue weighted by atomic mass is 19.1. The first-order chi connectivity index (χ1) is 13.6. The standard InChI is InChI=1S/C21H15FN4O2/c22-19-4-2-1-3-15(19)13-25-20(27)16-9-17(12-24-11-16)21(28)26-18-7-5-14(10-23)6-8-18/h1-9,11-12H,13H2,(H,25,27)(H,26,28). The van der Waals surface area contributed by atoms with Crippen molar-refractivity contribution in [2.24, 2.45) is 0 Å². The Morgan fingerprint density at radius 2 is 1.68 bits per heavy atom. The van der Waals surface area contributed by atoms with Gasteiger partial charge >= 0.3 is 0 Å². The summed E-state index contributed by atoms with van der Waals surface area (Å²) >= 11 is 0. The van der Waals surface area contributed by atoms with E-state index in [0.717, 1.165) is 0 Å². The van der Waals surface area contributed by atoms with Gasteiger partial charge in [-0.15, -0.1) is 0 Å². The first-order valence-electron chi connectivity index (χ1n) is 8.35. The van der Waals surface area contributed by atoms with Crippen LogP contribution in [0.5, 0.6) is 0 Å². The van der Waals surface area contributed by atoms with Gasteiger partial charge in [0.25, 0.3) is 11.8 Å². The van der Waals surface area contributed by atoms with Gasteiger partial charge in [-0.1, -0.05) is 18.2 Å². The summed E-state index contributed by atoms with van der Waals surface area (Å²) in [6, 6.07) is 15.9. The molecule has 138 valence electrons. The van der Waals surface area contributed by atoms with E-state index < -0.39 is 17.6 Å². The normalized spacial score (nSPS) is 10.0. The molecule has 2 amide bonds. The molecular weight excluding hydrogens is 359 g/mol. The van der Waals surface area contributed by atoms with Gasteiger partial charge in [-0.25, -0.2) is 4.39 Å². The molecule has 7 heteroatoms. The summed E-state index contributed by atoms with van der Waals surface area (Å²) in [5, 5.41) is 14.1. The maximum Gasteiger partial charge on any atom is 0.257 e. The molecule has 2 N–H and O–H groups in total.